The number of aryl methyl sites for hydroxylation is 2. The van der Waals surface area contributed by atoms with Gasteiger partial charge in [0.05, 0.1) is 22.1 Å². The first-order valence-corrected chi connectivity index (χ1v) is 19.6. The lowest BCUT2D eigenvalue weighted by atomic mass is 9.88. The lowest BCUT2D eigenvalue weighted by molar-refractivity contribution is 0.562. The smallest absolute Gasteiger partial charge is 0.129 e. The summed E-state index contributed by atoms with van der Waals surface area (Å²) in [6.07, 6.45) is 25.9. The third kappa shape index (κ3) is 6.91. The van der Waals surface area contributed by atoms with Crippen LogP contribution in [0.15, 0.2) is 48.5 Å². The molecule has 0 unspecified atom stereocenters. The highest BCUT2D eigenvalue weighted by molar-refractivity contribution is 6.38. The molecule has 0 aliphatic heterocycles. The molecule has 0 fully saturated rings. The summed E-state index contributed by atoms with van der Waals surface area (Å²) in [6.45, 7) is 4.57. The van der Waals surface area contributed by atoms with Gasteiger partial charge in [0.25, 0.3) is 0 Å². The Morgan fingerprint density at radius 1 is 0.312 bits per heavy atom. The van der Waals surface area contributed by atoms with Gasteiger partial charge in [0.1, 0.15) is 11.6 Å². The number of hydrogen-bond acceptors (Lipinski definition) is 4. The third-order valence-electron chi connectivity index (χ3n) is 10.8. The van der Waals surface area contributed by atoms with E-state index in [4.69, 9.17) is 19.9 Å². The van der Waals surface area contributed by atoms with Crippen molar-refractivity contribution in [3.8, 4) is 0 Å². The second kappa shape index (κ2) is 15.7. The minimum absolute atomic E-state index is 0.957. The Bertz CT molecular complexity index is 1810. The van der Waals surface area contributed by atoms with Gasteiger partial charge in [-0.05, 0) is 58.7 Å². The summed E-state index contributed by atoms with van der Waals surface area (Å²) in [5, 5.41) is 10.1. The molecule has 5 aromatic carbocycles. The molecule has 0 bridgehead atoms. The highest BCUT2D eigenvalue weighted by Crippen LogP contribution is 2.44. The fourth-order valence-corrected chi connectivity index (χ4v) is 8.21. The second-order valence-electron chi connectivity index (χ2n) is 14.5. The van der Waals surface area contributed by atoms with Crippen LogP contribution < -0.4 is 0 Å². The molecule has 0 saturated carbocycles. The highest BCUT2D eigenvalue weighted by atomic mass is 14.9. The van der Waals surface area contributed by atoms with Crippen molar-refractivity contribution in [2.45, 2.75) is 142 Å². The van der Waals surface area contributed by atoms with Crippen molar-refractivity contribution < 1.29 is 0 Å². The standard InChI is InChI=1S/C44H54N4/c1-3-5-7-9-11-13-15-17-19-21-39-45-35-27-23-31-33-25-29-37-44-38(48-40(47-37)22-20-18-16-14-12-10-8-6-4-2)30-26-34(42(33)44)32-24-28-36(46-39)43(35)41(31)32/h23-30H,3-22H2,1-2H3. The van der Waals surface area contributed by atoms with E-state index in [1.54, 1.807) is 0 Å². The van der Waals surface area contributed by atoms with E-state index < -0.39 is 0 Å². The van der Waals surface area contributed by atoms with Crippen molar-refractivity contribution in [1.82, 2.24) is 19.9 Å². The molecule has 0 N–H and O–H groups in total. The third-order valence-corrected chi connectivity index (χ3v) is 10.8. The Morgan fingerprint density at radius 2 is 0.583 bits per heavy atom. The molecule has 0 spiro atoms. The minimum atomic E-state index is 0.957. The molecule has 7 aromatic rings. The summed E-state index contributed by atoms with van der Waals surface area (Å²) in [6, 6.07) is 18.1. The van der Waals surface area contributed by atoms with E-state index in [-0.39, 0.29) is 0 Å². The number of benzene rings is 5. The normalized spacial score (nSPS) is 12.4. The first-order chi connectivity index (χ1) is 23.8. The van der Waals surface area contributed by atoms with Gasteiger partial charge in [0.2, 0.25) is 0 Å². The molecule has 0 amide bonds. The van der Waals surface area contributed by atoms with Crippen LogP contribution in [0, 0.1) is 0 Å². The topological polar surface area (TPSA) is 51.6 Å². The summed E-state index contributed by atoms with van der Waals surface area (Å²) in [5.74, 6) is 1.97. The molecule has 0 saturated heterocycles. The quantitative estimate of drug-likeness (QED) is 0.0473. The maximum atomic E-state index is 5.11. The number of nitrogens with zero attached hydrogens (tertiary/aromatic N) is 4. The van der Waals surface area contributed by atoms with E-state index in [9.17, 15) is 0 Å². The molecule has 0 radical (unpaired) electrons. The molecule has 250 valence electrons. The van der Waals surface area contributed by atoms with E-state index >= 15 is 0 Å². The molecule has 4 heteroatoms. The first-order valence-electron chi connectivity index (χ1n) is 19.6. The summed E-state index contributed by atoms with van der Waals surface area (Å²) in [5.41, 5.74) is 4.28. The maximum Gasteiger partial charge on any atom is 0.129 e. The largest absolute Gasteiger partial charge is 0.233 e. The van der Waals surface area contributed by atoms with Crippen LogP contribution in [0.5, 0.6) is 0 Å². The molecule has 0 atom stereocenters. The van der Waals surface area contributed by atoms with Gasteiger partial charge in [-0.25, -0.2) is 19.9 Å². The van der Waals surface area contributed by atoms with Gasteiger partial charge in [-0.15, -0.1) is 0 Å². The zero-order chi connectivity index (χ0) is 32.7. The minimum Gasteiger partial charge on any atom is -0.233 e. The van der Waals surface area contributed by atoms with Crippen LogP contribution in [0.1, 0.15) is 141 Å². The van der Waals surface area contributed by atoms with E-state index in [1.165, 1.54) is 159 Å². The van der Waals surface area contributed by atoms with Gasteiger partial charge < -0.3 is 0 Å². The van der Waals surface area contributed by atoms with Crippen molar-refractivity contribution in [3.63, 3.8) is 0 Å². The van der Waals surface area contributed by atoms with Crippen molar-refractivity contribution in [2.75, 3.05) is 0 Å². The van der Waals surface area contributed by atoms with Crippen LogP contribution >= 0.6 is 0 Å². The predicted octanol–water partition coefficient (Wildman–Crippen LogP) is 13.2. The Hall–Kier alpha value is -3.66. The van der Waals surface area contributed by atoms with Crippen LogP contribution in [0.4, 0.5) is 0 Å². The molecule has 2 aromatic heterocycles. The van der Waals surface area contributed by atoms with E-state index in [2.05, 4.69) is 62.4 Å². The van der Waals surface area contributed by atoms with Crippen LogP contribution in [-0.4, -0.2) is 19.9 Å². The number of unbranched alkanes of at least 4 members (excludes halogenated alkanes) is 16. The Morgan fingerprint density at radius 3 is 0.875 bits per heavy atom. The van der Waals surface area contributed by atoms with Crippen molar-refractivity contribution in [3.05, 3.63) is 60.2 Å². The molecule has 48 heavy (non-hydrogen) atoms. The summed E-state index contributed by atoms with van der Waals surface area (Å²) in [7, 11) is 0. The fourth-order valence-electron chi connectivity index (χ4n) is 8.21. The van der Waals surface area contributed by atoms with Gasteiger partial charge in [0, 0.05) is 34.4 Å². The van der Waals surface area contributed by atoms with Crippen LogP contribution in [-0.2, 0) is 12.8 Å². The molecule has 7 rings (SSSR count). The van der Waals surface area contributed by atoms with E-state index in [1.807, 2.05) is 0 Å². The van der Waals surface area contributed by atoms with Crippen molar-refractivity contribution in [1.29, 1.82) is 0 Å². The lowest BCUT2D eigenvalue weighted by Gasteiger charge is -2.17. The molecular weight excluding hydrogens is 585 g/mol. The van der Waals surface area contributed by atoms with Crippen LogP contribution in [0.25, 0.3) is 65.2 Å². The van der Waals surface area contributed by atoms with Crippen LogP contribution in [0.2, 0.25) is 0 Å². The fraction of sp³-hybridized carbons (Fsp3) is 0.500. The number of aromatic nitrogens is 4. The SMILES string of the molecule is CCCCCCCCCCCc1nc2ccc3c4ccc5nc(CCCCCCCCCCC)nc6ccc(c7ccc(n1)c2c37)c4c56. The second-order valence-corrected chi connectivity index (χ2v) is 14.5. The molecule has 2 heterocycles. The van der Waals surface area contributed by atoms with Crippen molar-refractivity contribution in [2.24, 2.45) is 0 Å². The lowest BCUT2D eigenvalue weighted by Crippen LogP contribution is -2.00. The molecule has 0 aliphatic carbocycles. The molecule has 0 aliphatic rings. The summed E-state index contributed by atoms with van der Waals surface area (Å²) >= 11 is 0. The Balaban J connectivity index is 1.10. The first kappa shape index (κ1) is 32.9. The number of rotatable bonds is 20. The van der Waals surface area contributed by atoms with Gasteiger partial charge in [-0.3, -0.25) is 0 Å². The average Bonchev–Trinajstić information content (AvgIpc) is 3.11. The van der Waals surface area contributed by atoms with E-state index in [0.29, 0.717) is 0 Å². The summed E-state index contributed by atoms with van der Waals surface area (Å²) < 4.78 is 0. The Kier molecular flexibility index (Phi) is 10.8. The van der Waals surface area contributed by atoms with Crippen LogP contribution in [0.3, 0.4) is 0 Å². The van der Waals surface area contributed by atoms with E-state index in [0.717, 1.165) is 46.6 Å². The molecule has 4 nitrogen and oxygen atoms in total. The monoisotopic (exact) mass is 638 g/mol. The predicted molar refractivity (Wildman–Crippen MR) is 207 cm³/mol. The average molecular weight is 639 g/mol. The highest BCUT2D eigenvalue weighted by Gasteiger charge is 2.19. The van der Waals surface area contributed by atoms with Gasteiger partial charge in [-0.1, -0.05) is 141 Å². The van der Waals surface area contributed by atoms with Crippen molar-refractivity contribution >= 4 is 65.2 Å². The Labute approximate surface area is 286 Å². The summed E-state index contributed by atoms with van der Waals surface area (Å²) in [4.78, 5) is 20.4. The zero-order valence-corrected chi connectivity index (χ0v) is 29.5. The van der Waals surface area contributed by atoms with Gasteiger partial charge in [-0.2, -0.15) is 0 Å². The zero-order valence-electron chi connectivity index (χ0n) is 29.5. The van der Waals surface area contributed by atoms with Gasteiger partial charge in [0.15, 0.2) is 0 Å². The number of hydrogen-bond donors (Lipinski definition) is 0. The number of fused-ring (bicyclic) bond motifs is 2. The maximum absolute atomic E-state index is 5.11. The van der Waals surface area contributed by atoms with Gasteiger partial charge >= 0.3 is 0 Å². The molecular formula is C44H54N4.